The Kier molecular flexibility index (Phi) is 5.55. The summed E-state index contributed by atoms with van der Waals surface area (Å²) in [6.07, 6.45) is 0. The van der Waals surface area contributed by atoms with Gasteiger partial charge < -0.3 is 9.47 Å². The first-order valence-electron chi connectivity index (χ1n) is 7.85. The molecule has 1 aromatic heterocycles. The zero-order chi connectivity index (χ0) is 17.6. The summed E-state index contributed by atoms with van der Waals surface area (Å²) in [4.78, 5) is 0. The number of benzene rings is 2. The maximum atomic E-state index is 5.43. The highest BCUT2D eigenvalue weighted by Gasteiger charge is 2.10. The van der Waals surface area contributed by atoms with E-state index < -0.39 is 0 Å². The van der Waals surface area contributed by atoms with Crippen molar-refractivity contribution in [1.82, 2.24) is 20.2 Å². The van der Waals surface area contributed by atoms with Gasteiger partial charge in [0, 0.05) is 11.3 Å². The third-order valence-electron chi connectivity index (χ3n) is 3.78. The number of aryl methyl sites for hydroxylation is 1. The van der Waals surface area contributed by atoms with Crippen molar-refractivity contribution in [2.45, 2.75) is 24.4 Å². The maximum Gasteiger partial charge on any atom is 0.209 e. The zero-order valence-electron chi connectivity index (χ0n) is 14.5. The number of hydrogen-bond acceptors (Lipinski definition) is 6. The first-order chi connectivity index (χ1) is 12.2. The molecule has 3 aromatic rings. The fraction of sp³-hybridized carbons (Fsp3) is 0.278. The first kappa shape index (κ1) is 17.3. The highest BCUT2D eigenvalue weighted by molar-refractivity contribution is 7.98. The topological polar surface area (TPSA) is 62.1 Å². The molecule has 0 amide bonds. The van der Waals surface area contributed by atoms with Crippen LogP contribution in [-0.4, -0.2) is 34.4 Å². The molecular weight excluding hydrogens is 336 g/mol. The highest BCUT2D eigenvalue weighted by atomic mass is 32.2. The number of hydrogen-bond donors (Lipinski definition) is 0. The number of tetrazole rings is 1. The Morgan fingerprint density at radius 1 is 1.04 bits per heavy atom. The predicted molar refractivity (Wildman–Crippen MR) is 97.2 cm³/mol. The number of thioether (sulfide) groups is 1. The van der Waals surface area contributed by atoms with Crippen molar-refractivity contribution in [1.29, 1.82) is 0 Å². The van der Waals surface area contributed by atoms with E-state index >= 15 is 0 Å². The Morgan fingerprint density at radius 3 is 2.56 bits per heavy atom. The largest absolute Gasteiger partial charge is 0.497 e. The molecule has 7 heteroatoms. The standard InChI is InChI=1S/C18H20N4O2S/c1-13-4-9-17(24-3)15(10-13)12-25-18-19-20-21-22(18)11-14-5-7-16(23-2)8-6-14/h4-10H,11-12H2,1-3H3. The summed E-state index contributed by atoms with van der Waals surface area (Å²) in [5.74, 6) is 2.46. The molecule has 0 aliphatic heterocycles. The molecule has 0 unspecified atom stereocenters. The van der Waals surface area contributed by atoms with Gasteiger partial charge in [0.25, 0.3) is 0 Å². The summed E-state index contributed by atoms with van der Waals surface area (Å²) >= 11 is 1.59. The van der Waals surface area contributed by atoms with Gasteiger partial charge in [-0.05, 0) is 41.1 Å². The lowest BCUT2D eigenvalue weighted by Gasteiger charge is -2.09. The van der Waals surface area contributed by atoms with Crippen molar-refractivity contribution < 1.29 is 9.47 Å². The smallest absolute Gasteiger partial charge is 0.209 e. The fourth-order valence-corrected chi connectivity index (χ4v) is 3.32. The second-order valence-electron chi connectivity index (χ2n) is 5.57. The van der Waals surface area contributed by atoms with E-state index in [9.17, 15) is 0 Å². The van der Waals surface area contributed by atoms with Gasteiger partial charge in [-0.2, -0.15) is 0 Å². The number of aromatic nitrogens is 4. The molecule has 0 N–H and O–H groups in total. The molecule has 6 nitrogen and oxygen atoms in total. The van der Waals surface area contributed by atoms with Gasteiger partial charge in [-0.15, -0.1) is 5.10 Å². The minimum absolute atomic E-state index is 0.615. The maximum absolute atomic E-state index is 5.43. The summed E-state index contributed by atoms with van der Waals surface area (Å²) < 4.78 is 12.4. The van der Waals surface area contributed by atoms with Gasteiger partial charge in [0.1, 0.15) is 11.5 Å². The summed E-state index contributed by atoms with van der Waals surface area (Å²) in [5, 5.41) is 12.8. The summed E-state index contributed by atoms with van der Waals surface area (Å²) in [6, 6.07) is 14.1. The van der Waals surface area contributed by atoms with Crippen molar-refractivity contribution in [3.63, 3.8) is 0 Å². The van der Waals surface area contributed by atoms with Crippen LogP contribution in [0.3, 0.4) is 0 Å². The lowest BCUT2D eigenvalue weighted by molar-refractivity contribution is 0.411. The molecule has 0 spiro atoms. The van der Waals surface area contributed by atoms with Crippen LogP contribution in [0, 0.1) is 6.92 Å². The van der Waals surface area contributed by atoms with Gasteiger partial charge in [-0.25, -0.2) is 4.68 Å². The molecule has 0 fully saturated rings. The molecule has 0 atom stereocenters. The first-order valence-corrected chi connectivity index (χ1v) is 8.83. The van der Waals surface area contributed by atoms with Crippen LogP contribution < -0.4 is 9.47 Å². The Labute approximate surface area is 151 Å². The lowest BCUT2D eigenvalue weighted by Crippen LogP contribution is -2.04. The average Bonchev–Trinajstić information content (AvgIpc) is 3.08. The second kappa shape index (κ2) is 8.02. The van der Waals surface area contributed by atoms with Crippen LogP contribution in [0.1, 0.15) is 16.7 Å². The van der Waals surface area contributed by atoms with Gasteiger partial charge >= 0.3 is 0 Å². The zero-order valence-corrected chi connectivity index (χ0v) is 15.3. The van der Waals surface area contributed by atoms with Gasteiger partial charge in [0.15, 0.2) is 0 Å². The van der Waals surface area contributed by atoms with E-state index in [1.807, 2.05) is 36.4 Å². The third kappa shape index (κ3) is 4.30. The van der Waals surface area contributed by atoms with Crippen LogP contribution in [-0.2, 0) is 12.3 Å². The van der Waals surface area contributed by atoms with Crippen LogP contribution in [0.5, 0.6) is 11.5 Å². The minimum atomic E-state index is 0.615. The van der Waals surface area contributed by atoms with Crippen LogP contribution in [0.25, 0.3) is 0 Å². The third-order valence-corrected chi connectivity index (χ3v) is 4.79. The van der Waals surface area contributed by atoms with E-state index in [0.717, 1.165) is 33.5 Å². The number of ether oxygens (including phenoxy) is 2. The molecule has 2 aromatic carbocycles. The Bertz CT molecular complexity index is 833. The molecule has 3 rings (SSSR count). The summed E-state index contributed by atoms with van der Waals surface area (Å²) in [7, 11) is 3.34. The van der Waals surface area contributed by atoms with Gasteiger partial charge in [0.05, 0.1) is 20.8 Å². The van der Waals surface area contributed by atoms with E-state index in [-0.39, 0.29) is 0 Å². The van der Waals surface area contributed by atoms with Crippen LogP contribution in [0.2, 0.25) is 0 Å². The van der Waals surface area contributed by atoms with Crippen molar-refractivity contribution in [3.8, 4) is 11.5 Å². The Hall–Kier alpha value is -2.54. The highest BCUT2D eigenvalue weighted by Crippen LogP contribution is 2.27. The Morgan fingerprint density at radius 2 is 1.84 bits per heavy atom. The predicted octanol–water partition coefficient (Wildman–Crippen LogP) is 3.34. The van der Waals surface area contributed by atoms with E-state index in [1.165, 1.54) is 5.56 Å². The van der Waals surface area contributed by atoms with Crippen LogP contribution >= 0.6 is 11.8 Å². The van der Waals surface area contributed by atoms with E-state index in [1.54, 1.807) is 30.7 Å². The SMILES string of the molecule is COc1ccc(Cn2nnnc2SCc2cc(C)ccc2OC)cc1. The second-order valence-corrected chi connectivity index (χ2v) is 6.51. The molecule has 0 aliphatic rings. The molecule has 0 aliphatic carbocycles. The number of methoxy groups -OCH3 is 2. The van der Waals surface area contributed by atoms with E-state index in [4.69, 9.17) is 9.47 Å². The monoisotopic (exact) mass is 356 g/mol. The van der Waals surface area contributed by atoms with Gasteiger partial charge in [0.2, 0.25) is 5.16 Å². The lowest BCUT2D eigenvalue weighted by atomic mass is 10.1. The van der Waals surface area contributed by atoms with Crippen molar-refractivity contribution in [2.75, 3.05) is 14.2 Å². The normalized spacial score (nSPS) is 10.7. The minimum Gasteiger partial charge on any atom is -0.497 e. The Balaban J connectivity index is 1.70. The van der Waals surface area contributed by atoms with E-state index in [2.05, 4.69) is 28.5 Å². The molecule has 130 valence electrons. The molecule has 25 heavy (non-hydrogen) atoms. The molecule has 1 heterocycles. The van der Waals surface area contributed by atoms with Crippen LogP contribution in [0.15, 0.2) is 47.6 Å². The van der Waals surface area contributed by atoms with Gasteiger partial charge in [-0.1, -0.05) is 41.6 Å². The fourth-order valence-electron chi connectivity index (χ4n) is 2.47. The average molecular weight is 356 g/mol. The summed E-state index contributed by atoms with van der Waals surface area (Å²) in [5.41, 5.74) is 3.45. The van der Waals surface area contributed by atoms with Crippen molar-refractivity contribution >= 4 is 11.8 Å². The number of nitrogens with zero attached hydrogens (tertiary/aromatic N) is 4. The molecule has 0 bridgehead atoms. The van der Waals surface area contributed by atoms with Gasteiger partial charge in [-0.3, -0.25) is 0 Å². The molecule has 0 saturated carbocycles. The van der Waals surface area contributed by atoms with Crippen LogP contribution in [0.4, 0.5) is 0 Å². The molecule has 0 radical (unpaired) electrons. The van der Waals surface area contributed by atoms with Crippen molar-refractivity contribution in [2.24, 2.45) is 0 Å². The molecular formula is C18H20N4O2S. The summed E-state index contributed by atoms with van der Waals surface area (Å²) in [6.45, 7) is 2.69. The van der Waals surface area contributed by atoms with E-state index in [0.29, 0.717) is 6.54 Å². The molecule has 0 saturated heterocycles. The number of rotatable bonds is 7. The quantitative estimate of drug-likeness (QED) is 0.605. The van der Waals surface area contributed by atoms with Crippen molar-refractivity contribution in [3.05, 3.63) is 59.2 Å².